The highest BCUT2D eigenvalue weighted by atomic mass is 16.5. The molecule has 5 aromatic rings. The maximum Gasteiger partial charge on any atom is 0.280 e. The van der Waals surface area contributed by atoms with Gasteiger partial charge < -0.3 is 4.74 Å². The van der Waals surface area contributed by atoms with Crippen LogP contribution in [0, 0.1) is 6.92 Å². The second kappa shape index (κ2) is 8.19. The lowest BCUT2D eigenvalue weighted by Crippen LogP contribution is -2.19. The Bertz CT molecular complexity index is 1430. The first-order chi connectivity index (χ1) is 15.7. The largest absolute Gasteiger partial charge is 0.494 e. The van der Waals surface area contributed by atoms with E-state index >= 15 is 0 Å². The minimum Gasteiger partial charge on any atom is -0.494 e. The Labute approximate surface area is 185 Å². The van der Waals surface area contributed by atoms with Crippen molar-refractivity contribution in [2.75, 3.05) is 6.61 Å². The molecule has 0 saturated carbocycles. The van der Waals surface area contributed by atoms with Crippen LogP contribution >= 0.6 is 0 Å². The third kappa shape index (κ3) is 3.38. The van der Waals surface area contributed by atoms with Crippen LogP contribution in [0.5, 0.6) is 5.75 Å². The number of aromatic nitrogens is 3. The minimum absolute atomic E-state index is 0.129. The fraction of sp³-hybridized carbons (Fsp3) is 0.111. The highest BCUT2D eigenvalue weighted by Crippen LogP contribution is 2.34. The molecular formula is C27H23N3O2. The molecule has 0 amide bonds. The van der Waals surface area contributed by atoms with Gasteiger partial charge in [0, 0.05) is 5.56 Å². The minimum atomic E-state index is -0.129. The molecule has 5 nitrogen and oxygen atoms in total. The number of hydrogen-bond acceptors (Lipinski definition) is 3. The molecule has 0 aliphatic rings. The Morgan fingerprint density at radius 2 is 1.41 bits per heavy atom. The molecule has 0 radical (unpaired) electrons. The van der Waals surface area contributed by atoms with E-state index in [-0.39, 0.29) is 5.56 Å². The van der Waals surface area contributed by atoms with Crippen LogP contribution < -0.4 is 10.3 Å². The van der Waals surface area contributed by atoms with Crippen LogP contribution in [-0.4, -0.2) is 21.2 Å². The molecule has 0 atom stereocenters. The smallest absolute Gasteiger partial charge is 0.280 e. The Morgan fingerprint density at radius 1 is 0.812 bits per heavy atom. The summed E-state index contributed by atoms with van der Waals surface area (Å²) in [6, 6.07) is 27.6. The van der Waals surface area contributed by atoms with E-state index in [2.05, 4.69) is 5.10 Å². The summed E-state index contributed by atoms with van der Waals surface area (Å²) in [5, 5.41) is 3.33. The van der Waals surface area contributed by atoms with Gasteiger partial charge in [0.2, 0.25) is 0 Å². The van der Waals surface area contributed by atoms with Crippen LogP contribution in [-0.2, 0) is 0 Å². The van der Waals surface area contributed by atoms with Crippen molar-refractivity contribution in [3.8, 4) is 39.3 Å². The van der Waals surface area contributed by atoms with E-state index in [9.17, 15) is 4.79 Å². The average molecular weight is 422 g/mol. The zero-order valence-electron chi connectivity index (χ0n) is 18.0. The molecule has 0 saturated heterocycles. The number of fused-ring (bicyclic) bond motifs is 1. The number of nitrogens with zero attached hydrogens (tertiary/aromatic N) is 2. The fourth-order valence-corrected chi connectivity index (χ4v) is 4.09. The van der Waals surface area contributed by atoms with Gasteiger partial charge in [0.1, 0.15) is 5.75 Å². The summed E-state index contributed by atoms with van der Waals surface area (Å²) < 4.78 is 7.10. The van der Waals surface area contributed by atoms with Gasteiger partial charge in [-0.05, 0) is 37.1 Å². The molecule has 0 aliphatic carbocycles. The van der Waals surface area contributed by atoms with Crippen LogP contribution in [0.2, 0.25) is 0 Å². The van der Waals surface area contributed by atoms with Crippen molar-refractivity contribution in [2.45, 2.75) is 13.8 Å². The Morgan fingerprint density at radius 3 is 2.03 bits per heavy atom. The van der Waals surface area contributed by atoms with Gasteiger partial charge in [0.05, 0.1) is 29.1 Å². The van der Waals surface area contributed by atoms with E-state index in [1.807, 2.05) is 98.8 Å². The van der Waals surface area contributed by atoms with E-state index < -0.39 is 0 Å². The van der Waals surface area contributed by atoms with Gasteiger partial charge >= 0.3 is 0 Å². The molecule has 3 aromatic carbocycles. The zero-order valence-corrected chi connectivity index (χ0v) is 18.0. The quantitative estimate of drug-likeness (QED) is 0.394. The standard InChI is InChI=1S/C27H23N3O2/c1-3-32-22-16-14-20(15-17-22)23-18(2)28-26-24(19-10-6-4-7-11-19)25(29-30(26)27(23)31)21-12-8-5-9-13-21/h4-17,29H,3H2,1-2H3. The van der Waals surface area contributed by atoms with Crippen LogP contribution in [0.3, 0.4) is 0 Å². The number of benzene rings is 3. The van der Waals surface area contributed by atoms with E-state index in [0.29, 0.717) is 23.5 Å². The number of aryl methyl sites for hydroxylation is 1. The van der Waals surface area contributed by atoms with Crippen molar-refractivity contribution in [3.05, 3.63) is 101 Å². The number of nitrogens with one attached hydrogen (secondary N) is 1. The number of ether oxygens (including phenoxy) is 1. The molecule has 0 aliphatic heterocycles. The SMILES string of the molecule is CCOc1ccc(-c2c(C)nc3c(-c4ccccc4)c(-c4ccccc4)[nH]n3c2=O)cc1. The summed E-state index contributed by atoms with van der Waals surface area (Å²) in [5.74, 6) is 0.778. The summed E-state index contributed by atoms with van der Waals surface area (Å²) >= 11 is 0. The van der Waals surface area contributed by atoms with Crippen molar-refractivity contribution in [3.63, 3.8) is 0 Å². The van der Waals surface area contributed by atoms with Gasteiger partial charge in [0.25, 0.3) is 5.56 Å². The van der Waals surface area contributed by atoms with Crippen molar-refractivity contribution in [2.24, 2.45) is 0 Å². The highest BCUT2D eigenvalue weighted by Gasteiger charge is 2.21. The van der Waals surface area contributed by atoms with Crippen molar-refractivity contribution in [1.29, 1.82) is 0 Å². The van der Waals surface area contributed by atoms with Gasteiger partial charge in [0.15, 0.2) is 5.65 Å². The summed E-state index contributed by atoms with van der Waals surface area (Å²) in [6.07, 6.45) is 0. The number of hydrogen-bond donors (Lipinski definition) is 1. The first-order valence-corrected chi connectivity index (χ1v) is 10.7. The molecule has 5 heteroatoms. The van der Waals surface area contributed by atoms with Crippen molar-refractivity contribution < 1.29 is 4.74 Å². The van der Waals surface area contributed by atoms with E-state index in [1.165, 1.54) is 0 Å². The maximum atomic E-state index is 13.6. The van der Waals surface area contributed by atoms with E-state index in [0.717, 1.165) is 33.7 Å². The van der Waals surface area contributed by atoms with Gasteiger partial charge in [-0.1, -0.05) is 72.8 Å². The molecule has 2 heterocycles. The lowest BCUT2D eigenvalue weighted by molar-refractivity contribution is 0.340. The normalized spacial score (nSPS) is 11.1. The van der Waals surface area contributed by atoms with Crippen molar-refractivity contribution in [1.82, 2.24) is 14.6 Å². The van der Waals surface area contributed by atoms with Gasteiger partial charge in [-0.25, -0.2) is 4.98 Å². The van der Waals surface area contributed by atoms with Crippen LogP contribution in [0.25, 0.3) is 39.2 Å². The zero-order chi connectivity index (χ0) is 22.1. The number of rotatable bonds is 5. The molecule has 0 fully saturated rings. The Hall–Kier alpha value is -4.12. The lowest BCUT2D eigenvalue weighted by Gasteiger charge is -2.08. The number of aromatic amines is 1. The monoisotopic (exact) mass is 421 g/mol. The molecular weight excluding hydrogens is 398 g/mol. The molecule has 5 rings (SSSR count). The Balaban J connectivity index is 1.77. The molecule has 0 bridgehead atoms. The fourth-order valence-electron chi connectivity index (χ4n) is 4.09. The van der Waals surface area contributed by atoms with Gasteiger partial charge in [-0.2, -0.15) is 4.52 Å². The molecule has 1 N–H and O–H groups in total. The third-order valence-electron chi connectivity index (χ3n) is 5.54. The summed E-state index contributed by atoms with van der Waals surface area (Å²) in [6.45, 7) is 4.43. The van der Waals surface area contributed by atoms with E-state index in [1.54, 1.807) is 4.52 Å². The lowest BCUT2D eigenvalue weighted by atomic mass is 10.0. The van der Waals surface area contributed by atoms with Gasteiger partial charge in [-0.15, -0.1) is 0 Å². The molecule has 0 unspecified atom stereocenters. The molecule has 158 valence electrons. The second-order valence-electron chi connectivity index (χ2n) is 7.59. The first kappa shape index (κ1) is 19.8. The predicted molar refractivity (Wildman–Crippen MR) is 128 cm³/mol. The van der Waals surface area contributed by atoms with Crippen LogP contribution in [0.1, 0.15) is 12.6 Å². The maximum absolute atomic E-state index is 13.6. The predicted octanol–water partition coefficient (Wildman–Crippen LogP) is 5.73. The van der Waals surface area contributed by atoms with Crippen LogP contribution in [0.15, 0.2) is 89.7 Å². The number of H-pyrrole nitrogens is 1. The second-order valence-corrected chi connectivity index (χ2v) is 7.59. The molecule has 32 heavy (non-hydrogen) atoms. The molecule has 2 aromatic heterocycles. The van der Waals surface area contributed by atoms with E-state index in [4.69, 9.17) is 9.72 Å². The first-order valence-electron chi connectivity index (χ1n) is 10.7. The topological polar surface area (TPSA) is 59.4 Å². The van der Waals surface area contributed by atoms with Gasteiger partial charge in [-0.3, -0.25) is 9.89 Å². The summed E-state index contributed by atoms with van der Waals surface area (Å²) in [5.41, 5.74) is 6.35. The Kier molecular flexibility index (Phi) is 5.07. The molecule has 0 spiro atoms. The average Bonchev–Trinajstić information content (AvgIpc) is 3.21. The summed E-state index contributed by atoms with van der Waals surface area (Å²) in [7, 11) is 0. The third-order valence-corrected chi connectivity index (χ3v) is 5.54. The summed E-state index contributed by atoms with van der Waals surface area (Å²) in [4.78, 5) is 18.5. The van der Waals surface area contributed by atoms with Crippen molar-refractivity contribution >= 4 is 5.65 Å². The highest BCUT2D eigenvalue weighted by molar-refractivity contribution is 5.91. The van der Waals surface area contributed by atoms with Crippen LogP contribution in [0.4, 0.5) is 0 Å².